The van der Waals surface area contributed by atoms with Crippen molar-refractivity contribution in [2.75, 3.05) is 44.6 Å². The van der Waals surface area contributed by atoms with Gasteiger partial charge in [-0.15, -0.1) is 5.26 Å². The van der Waals surface area contributed by atoms with Gasteiger partial charge in [0.25, 0.3) is 6.26 Å². The minimum Gasteiger partial charge on any atom is -0.387 e. The summed E-state index contributed by atoms with van der Waals surface area (Å²) in [5, 5.41) is 15.8. The molecule has 2 amide bonds. The Morgan fingerprint density at radius 2 is 1.17 bits per heavy atom. The Bertz CT molecular complexity index is 1880. The first-order chi connectivity index (χ1) is 25.9. The number of fused-ring (bicyclic) bond motifs is 4. The third kappa shape index (κ3) is 9.41. The number of hydrogen-bond donors (Lipinski definition) is 3. The van der Waals surface area contributed by atoms with Gasteiger partial charge >= 0.3 is 6.03 Å². The van der Waals surface area contributed by atoms with Crippen LogP contribution >= 0.6 is 0 Å². The first kappa shape index (κ1) is 40.4. The van der Waals surface area contributed by atoms with E-state index < -0.39 is 31.3 Å². The Morgan fingerprint density at radius 3 is 1.59 bits per heavy atom. The molecule has 0 bridgehead atoms. The number of aryl methyl sites for hydroxylation is 4. The predicted octanol–water partition coefficient (Wildman–Crippen LogP) is 4.88. The van der Waals surface area contributed by atoms with E-state index in [0.717, 1.165) is 114 Å². The zero-order valence-electron chi connectivity index (χ0n) is 32.1. The van der Waals surface area contributed by atoms with Gasteiger partial charge in [0.1, 0.15) is 16.2 Å². The van der Waals surface area contributed by atoms with Gasteiger partial charge in [-0.05, 0) is 147 Å². The summed E-state index contributed by atoms with van der Waals surface area (Å²) < 4.78 is 54.0. The molecule has 0 spiro atoms. The summed E-state index contributed by atoms with van der Waals surface area (Å²) >= 11 is 0. The number of anilines is 1. The standard InChI is InChI=1S/C20H29N3O3S.C13H13NO.C7H16N2O2S/c1-2-3-10-23-12-16(13-23)27(25,26)22-20(24)21-19-17-8-4-6-14(17)11-15-7-5-9-18(15)19;14-8-15-13-11-5-1-3-9(11)7-10-4-2-6-12(10)13;1-2-3-4-9-5-7(6-9)12(8,10)11/h11,16H,2-10,12-13H2,1H3,(H2,21,22,24);7H,1-6H2;7H,2-6H2,1H3,(H2,8,10,11). The van der Waals surface area contributed by atoms with Crippen LogP contribution in [0.1, 0.15) is 110 Å². The number of carbonyl (C=O) groups excluding carboxylic acids is 1. The molecule has 4 aliphatic carbocycles. The maximum atomic E-state index is 12.5. The van der Waals surface area contributed by atoms with Crippen LogP contribution in [0.5, 0.6) is 5.75 Å². The molecule has 12 nitrogen and oxygen atoms in total. The highest BCUT2D eigenvalue weighted by Gasteiger charge is 2.38. The molecule has 6 aliphatic rings. The Kier molecular flexibility index (Phi) is 13.3. The number of nitrogens with two attached hydrogens (primary N) is 1. The Morgan fingerprint density at radius 1 is 0.741 bits per heavy atom. The number of amides is 2. The highest BCUT2D eigenvalue weighted by Crippen LogP contribution is 2.40. The van der Waals surface area contributed by atoms with Crippen molar-refractivity contribution < 1.29 is 26.4 Å². The van der Waals surface area contributed by atoms with Gasteiger partial charge in [-0.25, -0.2) is 31.5 Å². The summed E-state index contributed by atoms with van der Waals surface area (Å²) in [6.07, 6.45) is 19.4. The number of likely N-dealkylation sites (tertiary alicyclic amines) is 2. The van der Waals surface area contributed by atoms with Gasteiger partial charge < -0.3 is 19.9 Å². The molecule has 2 saturated heterocycles. The van der Waals surface area contributed by atoms with Crippen LogP contribution in [0.2, 0.25) is 0 Å². The second-order valence-corrected chi connectivity index (χ2v) is 19.6. The monoisotopic (exact) mass is 782 g/mol. The average molecular weight is 783 g/mol. The molecule has 0 radical (unpaired) electrons. The molecule has 2 aliphatic heterocycles. The molecule has 4 N–H and O–H groups in total. The number of primary sulfonamides is 1. The van der Waals surface area contributed by atoms with Gasteiger partial charge in [-0.3, -0.25) is 0 Å². The summed E-state index contributed by atoms with van der Waals surface area (Å²) in [4.78, 5) is 16.8. The number of nitriles is 1. The van der Waals surface area contributed by atoms with Gasteiger partial charge in [0.2, 0.25) is 20.0 Å². The topological polar surface area (TPSA) is 175 Å². The number of nitrogens with one attached hydrogen (secondary N) is 2. The van der Waals surface area contributed by atoms with Gasteiger partial charge in [0.05, 0.1) is 0 Å². The molecule has 2 aromatic carbocycles. The van der Waals surface area contributed by atoms with Crippen LogP contribution in [0.15, 0.2) is 12.1 Å². The maximum Gasteiger partial charge on any atom is 0.332 e. The number of hydrogen-bond acceptors (Lipinski definition) is 9. The van der Waals surface area contributed by atoms with E-state index in [0.29, 0.717) is 26.2 Å². The summed E-state index contributed by atoms with van der Waals surface area (Å²) in [5.41, 5.74) is 11.4. The maximum absolute atomic E-state index is 12.5. The van der Waals surface area contributed by atoms with Crippen LogP contribution in [0, 0.1) is 11.5 Å². The lowest BCUT2D eigenvalue weighted by molar-refractivity contribution is 0.181. The predicted molar refractivity (Wildman–Crippen MR) is 212 cm³/mol. The van der Waals surface area contributed by atoms with E-state index in [1.165, 1.54) is 57.3 Å². The molecule has 2 heterocycles. The van der Waals surface area contributed by atoms with Crippen LogP contribution in [-0.4, -0.2) is 82.4 Å². The molecule has 0 unspecified atom stereocenters. The van der Waals surface area contributed by atoms with Gasteiger partial charge in [-0.2, -0.15) is 0 Å². The average Bonchev–Trinajstić information content (AvgIpc) is 3.90. The fourth-order valence-electron chi connectivity index (χ4n) is 8.83. The van der Waals surface area contributed by atoms with Crippen molar-refractivity contribution in [3.8, 4) is 12.0 Å². The van der Waals surface area contributed by atoms with Crippen molar-refractivity contribution in [2.45, 2.75) is 127 Å². The highest BCUT2D eigenvalue weighted by molar-refractivity contribution is 7.90. The molecule has 296 valence electrons. The molecule has 0 saturated carbocycles. The highest BCUT2D eigenvalue weighted by atomic mass is 32.2. The van der Waals surface area contributed by atoms with Gasteiger partial charge in [-0.1, -0.05) is 38.8 Å². The fraction of sp³-hybridized carbons (Fsp3) is 0.650. The van der Waals surface area contributed by atoms with Crippen molar-refractivity contribution >= 4 is 31.8 Å². The SMILES string of the molecule is CCCCN1CC(S(=O)(=O)NC(=O)Nc2c3c(cc4c2CCC4)CCC3)C1.CCCCN1CC(S(N)(=O)=O)C1.N#COc1c2c(cc3c1CCC3)CCC2. The molecular weight excluding hydrogens is 725 g/mol. The number of benzene rings is 2. The molecular formula is C40H58N6O6S2. The molecule has 14 heteroatoms. The second kappa shape index (κ2) is 17.7. The number of ether oxygens (including phenoxy) is 1. The first-order valence-electron chi connectivity index (χ1n) is 20.1. The number of rotatable bonds is 11. The Labute approximate surface area is 322 Å². The second-order valence-electron chi connectivity index (χ2n) is 15.8. The van der Waals surface area contributed by atoms with Crippen molar-refractivity contribution in [3.63, 3.8) is 0 Å². The van der Waals surface area contributed by atoms with E-state index in [4.69, 9.17) is 15.1 Å². The lowest BCUT2D eigenvalue weighted by Crippen LogP contribution is -2.58. The summed E-state index contributed by atoms with van der Waals surface area (Å²) in [6.45, 7) is 8.45. The lowest BCUT2D eigenvalue weighted by atomic mass is 9.99. The van der Waals surface area contributed by atoms with Crippen molar-refractivity contribution in [1.29, 1.82) is 5.26 Å². The van der Waals surface area contributed by atoms with Gasteiger partial charge in [0, 0.05) is 31.9 Å². The lowest BCUT2D eigenvalue weighted by Gasteiger charge is -2.38. The molecule has 8 rings (SSSR count). The van der Waals surface area contributed by atoms with Crippen molar-refractivity contribution in [1.82, 2.24) is 14.5 Å². The third-order valence-corrected chi connectivity index (χ3v) is 14.8. The van der Waals surface area contributed by atoms with E-state index in [1.54, 1.807) is 0 Å². The summed E-state index contributed by atoms with van der Waals surface area (Å²) in [6, 6.07) is 4.02. The van der Waals surface area contributed by atoms with Crippen LogP contribution in [-0.2, 0) is 71.4 Å². The van der Waals surface area contributed by atoms with Gasteiger partial charge in [0.15, 0.2) is 0 Å². The summed E-state index contributed by atoms with van der Waals surface area (Å²) in [7, 11) is -6.90. The zero-order valence-corrected chi connectivity index (χ0v) is 33.7. The molecule has 54 heavy (non-hydrogen) atoms. The number of urea groups is 1. The number of carbonyl (C=O) groups is 1. The molecule has 2 aromatic rings. The zero-order chi connectivity index (χ0) is 38.5. The van der Waals surface area contributed by atoms with Crippen LogP contribution in [0.25, 0.3) is 0 Å². The van der Waals surface area contributed by atoms with E-state index in [2.05, 4.69) is 45.8 Å². The minimum absolute atomic E-state index is 0.311. The molecule has 2 fully saturated rings. The van der Waals surface area contributed by atoms with E-state index in [-0.39, 0.29) is 5.25 Å². The number of sulfonamides is 2. The molecule has 0 aromatic heterocycles. The molecule has 0 atom stereocenters. The number of nitrogens with zero attached hydrogens (tertiary/aromatic N) is 3. The Balaban J connectivity index is 0.000000154. The Hall–Kier alpha value is -3.22. The van der Waals surface area contributed by atoms with Crippen molar-refractivity contribution in [3.05, 3.63) is 56.6 Å². The minimum atomic E-state index is -3.63. The quantitative estimate of drug-likeness (QED) is 0.269. The van der Waals surface area contributed by atoms with Crippen LogP contribution in [0.4, 0.5) is 10.5 Å². The van der Waals surface area contributed by atoms with E-state index >= 15 is 0 Å². The third-order valence-electron chi connectivity index (χ3n) is 11.9. The normalized spacial score (nSPS) is 19.1. The van der Waals surface area contributed by atoms with Crippen LogP contribution in [0.3, 0.4) is 0 Å². The van der Waals surface area contributed by atoms with Crippen LogP contribution < -0.4 is 19.9 Å². The van der Waals surface area contributed by atoms with Crippen molar-refractivity contribution in [2.24, 2.45) is 5.14 Å². The smallest absolute Gasteiger partial charge is 0.332 e. The first-order valence-corrected chi connectivity index (χ1v) is 23.2. The van der Waals surface area contributed by atoms with E-state index in [1.807, 2.05) is 6.26 Å². The number of unbranched alkanes of at least 4 members (excludes halogenated alkanes) is 2. The fourth-order valence-corrected chi connectivity index (χ4v) is 11.0. The van der Waals surface area contributed by atoms with E-state index in [9.17, 15) is 21.6 Å². The largest absolute Gasteiger partial charge is 0.387 e. The summed E-state index contributed by atoms with van der Waals surface area (Å²) in [5.74, 6) is 0.903.